The predicted octanol–water partition coefficient (Wildman–Crippen LogP) is 1.23. The van der Waals surface area contributed by atoms with Gasteiger partial charge in [0.1, 0.15) is 0 Å². The third kappa shape index (κ3) is 9.53. The Hall–Kier alpha value is -0.770. The van der Waals surface area contributed by atoms with Crippen molar-refractivity contribution in [3.05, 3.63) is 0 Å². The number of hydrogen-bond acceptors (Lipinski definition) is 2. The average Bonchev–Trinajstić information content (AvgIpc) is 2.21. The summed E-state index contributed by atoms with van der Waals surface area (Å²) in [6.07, 6.45) is 2.17. The molecule has 4 nitrogen and oxygen atoms in total. The van der Waals surface area contributed by atoms with Crippen molar-refractivity contribution in [3.8, 4) is 0 Å². The Morgan fingerprint density at radius 3 is 2.47 bits per heavy atom. The number of methoxy groups -OCH3 is 1. The average molecular weight is 215 g/mol. The lowest BCUT2D eigenvalue weighted by atomic mass is 10.1. The second kappa shape index (κ2) is 9.77. The first-order valence-corrected chi connectivity index (χ1v) is 5.64. The monoisotopic (exact) mass is 215 g/mol. The van der Waals surface area contributed by atoms with Gasteiger partial charge in [-0.3, -0.25) is 4.99 Å². The zero-order valence-corrected chi connectivity index (χ0v) is 10.5. The summed E-state index contributed by atoms with van der Waals surface area (Å²) in [5.74, 6) is 1.61. The standard InChI is InChI=1S/C11H25N3O/c1-10(2)6-8-14-11(12-3)13-7-5-9-15-4/h10H,5-9H2,1-4H3,(H2,12,13,14). The van der Waals surface area contributed by atoms with Crippen LogP contribution in [0.3, 0.4) is 0 Å². The molecule has 0 aliphatic carbocycles. The van der Waals surface area contributed by atoms with Gasteiger partial charge >= 0.3 is 0 Å². The summed E-state index contributed by atoms with van der Waals surface area (Å²) in [6, 6.07) is 0. The van der Waals surface area contributed by atoms with Gasteiger partial charge < -0.3 is 15.4 Å². The second-order valence-electron chi connectivity index (χ2n) is 3.95. The van der Waals surface area contributed by atoms with Crippen molar-refractivity contribution in [2.75, 3.05) is 33.9 Å². The van der Waals surface area contributed by atoms with E-state index in [1.54, 1.807) is 14.2 Å². The lowest BCUT2D eigenvalue weighted by molar-refractivity contribution is 0.195. The van der Waals surface area contributed by atoms with Gasteiger partial charge in [0, 0.05) is 33.9 Å². The fraction of sp³-hybridized carbons (Fsp3) is 0.909. The number of aliphatic imine (C=N–C) groups is 1. The van der Waals surface area contributed by atoms with Gasteiger partial charge in [-0.15, -0.1) is 0 Å². The number of nitrogens with zero attached hydrogens (tertiary/aromatic N) is 1. The first kappa shape index (κ1) is 14.2. The molecule has 0 bridgehead atoms. The molecule has 15 heavy (non-hydrogen) atoms. The highest BCUT2D eigenvalue weighted by Crippen LogP contribution is 1.95. The number of hydrogen-bond donors (Lipinski definition) is 2. The molecule has 0 fully saturated rings. The molecule has 0 spiro atoms. The summed E-state index contributed by atoms with van der Waals surface area (Å²) in [7, 11) is 3.51. The van der Waals surface area contributed by atoms with Crippen molar-refractivity contribution in [2.24, 2.45) is 10.9 Å². The minimum Gasteiger partial charge on any atom is -0.385 e. The molecule has 0 radical (unpaired) electrons. The molecule has 0 rings (SSSR count). The van der Waals surface area contributed by atoms with E-state index in [4.69, 9.17) is 4.74 Å². The van der Waals surface area contributed by atoms with Crippen molar-refractivity contribution in [1.82, 2.24) is 10.6 Å². The van der Waals surface area contributed by atoms with Crippen molar-refractivity contribution >= 4 is 5.96 Å². The predicted molar refractivity (Wildman–Crippen MR) is 65.3 cm³/mol. The molecule has 0 aromatic rings. The lowest BCUT2D eigenvalue weighted by Gasteiger charge is -2.12. The first-order valence-electron chi connectivity index (χ1n) is 5.64. The van der Waals surface area contributed by atoms with E-state index >= 15 is 0 Å². The number of guanidine groups is 1. The molecule has 0 saturated heterocycles. The summed E-state index contributed by atoms with van der Waals surface area (Å²) in [6.45, 7) is 7.10. The van der Waals surface area contributed by atoms with Crippen LogP contribution in [0.25, 0.3) is 0 Å². The smallest absolute Gasteiger partial charge is 0.190 e. The summed E-state index contributed by atoms with van der Waals surface area (Å²) >= 11 is 0. The van der Waals surface area contributed by atoms with Crippen LogP contribution in [0, 0.1) is 5.92 Å². The Morgan fingerprint density at radius 1 is 1.27 bits per heavy atom. The van der Waals surface area contributed by atoms with E-state index in [1.165, 1.54) is 6.42 Å². The van der Waals surface area contributed by atoms with E-state index in [0.717, 1.165) is 38.0 Å². The molecule has 0 heterocycles. The molecule has 0 saturated carbocycles. The molecular formula is C11H25N3O. The molecule has 0 aromatic heterocycles. The van der Waals surface area contributed by atoms with Crippen LogP contribution in [0.2, 0.25) is 0 Å². The fourth-order valence-corrected chi connectivity index (χ4v) is 1.12. The molecule has 2 N–H and O–H groups in total. The highest BCUT2D eigenvalue weighted by molar-refractivity contribution is 5.79. The molecule has 0 aliphatic heterocycles. The fourth-order valence-electron chi connectivity index (χ4n) is 1.12. The Morgan fingerprint density at radius 2 is 1.93 bits per heavy atom. The van der Waals surface area contributed by atoms with E-state index in [0.29, 0.717) is 0 Å². The second-order valence-corrected chi connectivity index (χ2v) is 3.95. The number of ether oxygens (including phenoxy) is 1. The molecule has 0 aliphatic rings. The maximum absolute atomic E-state index is 4.97. The van der Waals surface area contributed by atoms with E-state index < -0.39 is 0 Å². The van der Waals surface area contributed by atoms with Crippen LogP contribution in [0.5, 0.6) is 0 Å². The maximum atomic E-state index is 4.97. The molecular weight excluding hydrogens is 190 g/mol. The van der Waals surface area contributed by atoms with Gasteiger partial charge in [-0.1, -0.05) is 13.8 Å². The minimum absolute atomic E-state index is 0.726. The van der Waals surface area contributed by atoms with Gasteiger partial charge in [0.2, 0.25) is 0 Å². The van der Waals surface area contributed by atoms with Crippen LogP contribution < -0.4 is 10.6 Å². The third-order valence-corrected chi connectivity index (χ3v) is 2.06. The summed E-state index contributed by atoms with van der Waals surface area (Å²) in [4.78, 5) is 4.14. The molecule has 0 unspecified atom stereocenters. The van der Waals surface area contributed by atoms with Gasteiger partial charge in [0.25, 0.3) is 0 Å². The topological polar surface area (TPSA) is 45.7 Å². The molecule has 0 aromatic carbocycles. The van der Waals surface area contributed by atoms with Gasteiger partial charge in [0.15, 0.2) is 5.96 Å². The van der Waals surface area contributed by atoms with Crippen molar-refractivity contribution in [1.29, 1.82) is 0 Å². The molecule has 0 atom stereocenters. The summed E-state index contributed by atoms with van der Waals surface area (Å²) < 4.78 is 4.97. The van der Waals surface area contributed by atoms with Crippen molar-refractivity contribution in [3.63, 3.8) is 0 Å². The number of rotatable bonds is 7. The maximum Gasteiger partial charge on any atom is 0.190 e. The largest absolute Gasteiger partial charge is 0.385 e. The zero-order valence-electron chi connectivity index (χ0n) is 10.5. The quantitative estimate of drug-likeness (QED) is 0.381. The van der Waals surface area contributed by atoms with Crippen LogP contribution in [0.1, 0.15) is 26.7 Å². The number of nitrogens with one attached hydrogen (secondary N) is 2. The van der Waals surface area contributed by atoms with E-state index in [2.05, 4.69) is 29.5 Å². The summed E-state index contributed by atoms with van der Waals surface area (Å²) in [5, 5.41) is 6.51. The third-order valence-electron chi connectivity index (χ3n) is 2.06. The van der Waals surface area contributed by atoms with Crippen LogP contribution >= 0.6 is 0 Å². The molecule has 0 amide bonds. The normalized spacial score (nSPS) is 11.9. The van der Waals surface area contributed by atoms with Gasteiger partial charge in [-0.2, -0.15) is 0 Å². The Bertz CT molecular complexity index is 169. The Balaban J connectivity index is 3.48. The Kier molecular flexibility index (Phi) is 9.27. The van der Waals surface area contributed by atoms with Crippen LogP contribution in [-0.4, -0.2) is 39.8 Å². The van der Waals surface area contributed by atoms with E-state index in [9.17, 15) is 0 Å². The van der Waals surface area contributed by atoms with Gasteiger partial charge in [-0.05, 0) is 18.8 Å². The minimum atomic E-state index is 0.726. The first-order chi connectivity index (χ1) is 7.20. The Labute approximate surface area is 93.5 Å². The molecule has 90 valence electrons. The highest BCUT2D eigenvalue weighted by atomic mass is 16.5. The van der Waals surface area contributed by atoms with E-state index in [-0.39, 0.29) is 0 Å². The van der Waals surface area contributed by atoms with Crippen LogP contribution in [-0.2, 0) is 4.74 Å². The SMILES string of the molecule is CN=C(NCCCOC)NCCC(C)C. The van der Waals surface area contributed by atoms with Crippen LogP contribution in [0.4, 0.5) is 0 Å². The highest BCUT2D eigenvalue weighted by Gasteiger charge is 1.97. The lowest BCUT2D eigenvalue weighted by Crippen LogP contribution is -2.38. The van der Waals surface area contributed by atoms with E-state index in [1.807, 2.05) is 0 Å². The van der Waals surface area contributed by atoms with Gasteiger partial charge in [0.05, 0.1) is 0 Å². The van der Waals surface area contributed by atoms with Gasteiger partial charge in [-0.25, -0.2) is 0 Å². The van der Waals surface area contributed by atoms with Crippen molar-refractivity contribution < 1.29 is 4.74 Å². The molecule has 4 heteroatoms. The van der Waals surface area contributed by atoms with Crippen LogP contribution in [0.15, 0.2) is 4.99 Å². The van der Waals surface area contributed by atoms with Crippen molar-refractivity contribution in [2.45, 2.75) is 26.7 Å². The summed E-state index contributed by atoms with van der Waals surface area (Å²) in [5.41, 5.74) is 0. The zero-order chi connectivity index (χ0) is 11.5.